The van der Waals surface area contributed by atoms with Gasteiger partial charge in [-0.15, -0.1) is 0 Å². The predicted octanol–water partition coefficient (Wildman–Crippen LogP) is 1.07. The van der Waals surface area contributed by atoms with Gasteiger partial charge >= 0.3 is 0 Å². The third kappa shape index (κ3) is 1.86. The minimum Gasteiger partial charge on any atom is -0.396 e. The van der Waals surface area contributed by atoms with Crippen molar-refractivity contribution < 1.29 is 9.90 Å². The van der Waals surface area contributed by atoms with Crippen LogP contribution >= 0.6 is 0 Å². The minimum absolute atomic E-state index is 0.0816. The molecule has 5 heteroatoms. The molecule has 3 N–H and O–H groups in total. The van der Waals surface area contributed by atoms with Crippen LogP contribution in [-0.2, 0) is 0 Å². The third-order valence-corrected chi connectivity index (χ3v) is 3.60. The van der Waals surface area contributed by atoms with Gasteiger partial charge in [0.2, 0.25) is 0 Å². The molecule has 0 aliphatic heterocycles. The van der Waals surface area contributed by atoms with Gasteiger partial charge in [-0.3, -0.25) is 9.89 Å². The lowest BCUT2D eigenvalue weighted by Crippen LogP contribution is -2.32. The van der Waals surface area contributed by atoms with Crippen molar-refractivity contribution in [2.75, 3.05) is 13.2 Å². The molecule has 3 rings (SSSR count). The van der Waals surface area contributed by atoms with Gasteiger partial charge in [-0.1, -0.05) is 18.2 Å². The van der Waals surface area contributed by atoms with E-state index in [-0.39, 0.29) is 17.9 Å². The number of fused-ring (bicyclic) bond motifs is 1. The minimum atomic E-state index is -0.188. The Bertz CT molecular complexity index is 587. The lowest BCUT2D eigenvalue weighted by molar-refractivity contribution is 0.0932. The molecule has 0 radical (unpaired) electrons. The highest BCUT2D eigenvalue weighted by molar-refractivity contribution is 6.04. The van der Waals surface area contributed by atoms with Crippen molar-refractivity contribution in [1.29, 1.82) is 0 Å². The molecule has 0 bridgehead atoms. The molecule has 18 heavy (non-hydrogen) atoms. The van der Waals surface area contributed by atoms with Crippen molar-refractivity contribution in [2.45, 2.75) is 12.8 Å². The molecule has 1 aliphatic rings. The zero-order chi connectivity index (χ0) is 12.6. The monoisotopic (exact) mass is 245 g/mol. The van der Waals surface area contributed by atoms with Gasteiger partial charge in [-0.25, -0.2) is 0 Å². The summed E-state index contributed by atoms with van der Waals surface area (Å²) in [6.45, 7) is 0.651. The molecule has 94 valence electrons. The molecule has 0 atom stereocenters. The van der Waals surface area contributed by atoms with Gasteiger partial charge < -0.3 is 10.4 Å². The van der Waals surface area contributed by atoms with Crippen molar-refractivity contribution in [2.24, 2.45) is 5.41 Å². The first-order chi connectivity index (χ1) is 8.74. The molecule has 0 unspecified atom stereocenters. The molecule has 2 aromatic rings. The number of aliphatic hydroxyl groups excluding tert-OH is 1. The van der Waals surface area contributed by atoms with Crippen molar-refractivity contribution >= 4 is 16.8 Å². The van der Waals surface area contributed by atoms with Gasteiger partial charge in [0.05, 0.1) is 12.1 Å². The van der Waals surface area contributed by atoms with Gasteiger partial charge in [0, 0.05) is 17.3 Å². The Hall–Kier alpha value is -1.88. The van der Waals surface area contributed by atoms with E-state index in [2.05, 4.69) is 15.5 Å². The first-order valence-electron chi connectivity index (χ1n) is 6.06. The summed E-state index contributed by atoms with van der Waals surface area (Å²) in [5, 5.41) is 19.7. The molecule has 1 aromatic heterocycles. The maximum Gasteiger partial charge on any atom is 0.272 e. The molecule has 1 amide bonds. The average Bonchev–Trinajstić information content (AvgIpc) is 3.07. The number of aromatic amines is 1. The lowest BCUT2D eigenvalue weighted by Gasteiger charge is -2.11. The highest BCUT2D eigenvalue weighted by Crippen LogP contribution is 2.44. The zero-order valence-electron chi connectivity index (χ0n) is 9.94. The van der Waals surface area contributed by atoms with Gasteiger partial charge in [0.15, 0.2) is 5.69 Å². The Labute approximate surface area is 104 Å². The van der Waals surface area contributed by atoms with Gasteiger partial charge in [-0.05, 0) is 18.9 Å². The van der Waals surface area contributed by atoms with Crippen LogP contribution in [0.3, 0.4) is 0 Å². The van der Waals surface area contributed by atoms with Crippen molar-refractivity contribution in [3.05, 3.63) is 30.0 Å². The maximum absolute atomic E-state index is 12.0. The highest BCUT2D eigenvalue weighted by atomic mass is 16.3. The van der Waals surface area contributed by atoms with E-state index < -0.39 is 0 Å². The summed E-state index contributed by atoms with van der Waals surface area (Å²) in [4.78, 5) is 12.0. The third-order valence-electron chi connectivity index (χ3n) is 3.60. The van der Waals surface area contributed by atoms with Crippen LogP contribution in [0.15, 0.2) is 24.3 Å². The maximum atomic E-state index is 12.0. The molecule has 1 saturated carbocycles. The molecule has 5 nitrogen and oxygen atoms in total. The molecule has 0 saturated heterocycles. The van der Waals surface area contributed by atoms with E-state index >= 15 is 0 Å². The van der Waals surface area contributed by atoms with Crippen LogP contribution in [-0.4, -0.2) is 34.4 Å². The number of carbonyl (C=O) groups is 1. The average molecular weight is 245 g/mol. The summed E-state index contributed by atoms with van der Waals surface area (Å²) >= 11 is 0. The Morgan fingerprint density at radius 1 is 1.44 bits per heavy atom. The predicted molar refractivity (Wildman–Crippen MR) is 67.2 cm³/mol. The number of para-hydroxylation sites is 1. The van der Waals surface area contributed by atoms with Crippen LogP contribution in [0, 0.1) is 5.41 Å². The number of hydrogen-bond donors (Lipinski definition) is 3. The van der Waals surface area contributed by atoms with Crippen LogP contribution in [0.25, 0.3) is 10.9 Å². The number of nitrogens with one attached hydrogen (secondary N) is 2. The van der Waals surface area contributed by atoms with Crippen LogP contribution in [0.5, 0.6) is 0 Å². The number of aromatic nitrogens is 2. The summed E-state index contributed by atoms with van der Waals surface area (Å²) in [5.74, 6) is -0.188. The van der Waals surface area contributed by atoms with E-state index in [1.807, 2.05) is 24.3 Å². The smallest absolute Gasteiger partial charge is 0.272 e. The van der Waals surface area contributed by atoms with Crippen LogP contribution < -0.4 is 5.32 Å². The topological polar surface area (TPSA) is 78.0 Å². The fourth-order valence-electron chi connectivity index (χ4n) is 2.06. The Morgan fingerprint density at radius 3 is 2.94 bits per heavy atom. The van der Waals surface area contributed by atoms with E-state index in [0.717, 1.165) is 23.7 Å². The Morgan fingerprint density at radius 2 is 2.22 bits per heavy atom. The number of rotatable bonds is 4. The largest absolute Gasteiger partial charge is 0.396 e. The summed E-state index contributed by atoms with van der Waals surface area (Å²) in [7, 11) is 0. The van der Waals surface area contributed by atoms with Crippen molar-refractivity contribution in [3.8, 4) is 0 Å². The Balaban J connectivity index is 1.76. The first kappa shape index (κ1) is 11.2. The first-order valence-corrected chi connectivity index (χ1v) is 6.06. The standard InChI is InChI=1S/C13H15N3O2/c17-8-13(5-6-13)7-14-12(18)11-9-3-1-2-4-10(9)15-16-11/h1-4,17H,5-8H2,(H,14,18)(H,15,16). The fraction of sp³-hybridized carbons (Fsp3) is 0.385. The second-order valence-electron chi connectivity index (χ2n) is 4.96. The number of benzene rings is 1. The molecule has 1 fully saturated rings. The van der Waals surface area contributed by atoms with E-state index in [0.29, 0.717) is 12.2 Å². The van der Waals surface area contributed by atoms with E-state index in [4.69, 9.17) is 0 Å². The van der Waals surface area contributed by atoms with Gasteiger partial charge in [0.25, 0.3) is 5.91 Å². The van der Waals surface area contributed by atoms with E-state index in [1.165, 1.54) is 0 Å². The summed E-state index contributed by atoms with van der Waals surface area (Å²) in [5.41, 5.74) is 1.19. The van der Waals surface area contributed by atoms with Crippen LogP contribution in [0.1, 0.15) is 23.3 Å². The number of carbonyl (C=O) groups excluding carboxylic acids is 1. The summed E-state index contributed by atoms with van der Waals surface area (Å²) < 4.78 is 0. The van der Waals surface area contributed by atoms with Crippen molar-refractivity contribution in [1.82, 2.24) is 15.5 Å². The number of amides is 1. The second kappa shape index (κ2) is 4.10. The molecule has 1 heterocycles. The molecular weight excluding hydrogens is 230 g/mol. The van der Waals surface area contributed by atoms with Gasteiger partial charge in [0.1, 0.15) is 0 Å². The molecule has 1 aromatic carbocycles. The lowest BCUT2D eigenvalue weighted by atomic mass is 10.1. The van der Waals surface area contributed by atoms with Crippen molar-refractivity contribution in [3.63, 3.8) is 0 Å². The number of nitrogens with zero attached hydrogens (tertiary/aromatic N) is 1. The summed E-state index contributed by atoms with van der Waals surface area (Å²) in [6, 6.07) is 7.53. The van der Waals surface area contributed by atoms with E-state index in [9.17, 15) is 9.90 Å². The highest BCUT2D eigenvalue weighted by Gasteiger charge is 2.42. The normalized spacial score (nSPS) is 16.7. The molecule has 1 aliphatic carbocycles. The van der Waals surface area contributed by atoms with Crippen LogP contribution in [0.4, 0.5) is 0 Å². The van der Waals surface area contributed by atoms with Gasteiger partial charge in [-0.2, -0.15) is 5.10 Å². The zero-order valence-corrected chi connectivity index (χ0v) is 9.94. The SMILES string of the molecule is O=C(NCC1(CO)CC1)c1n[nH]c2ccccc12. The number of hydrogen-bond acceptors (Lipinski definition) is 3. The second-order valence-corrected chi connectivity index (χ2v) is 4.96. The quantitative estimate of drug-likeness (QED) is 0.753. The van der Waals surface area contributed by atoms with E-state index in [1.54, 1.807) is 0 Å². The molecular formula is C13H15N3O2. The summed E-state index contributed by atoms with van der Waals surface area (Å²) in [6.07, 6.45) is 1.95. The number of aliphatic hydroxyl groups is 1. The number of H-pyrrole nitrogens is 1. The fourth-order valence-corrected chi connectivity index (χ4v) is 2.06. The molecule has 0 spiro atoms. The van der Waals surface area contributed by atoms with Crippen LogP contribution in [0.2, 0.25) is 0 Å². The Kier molecular flexibility index (Phi) is 2.56.